The molecule has 0 bridgehead atoms. The van der Waals surface area contributed by atoms with Crippen molar-refractivity contribution in [1.29, 1.82) is 0 Å². The molecule has 0 aromatic rings. The maximum Gasteiger partial charge on any atom is 0.0718 e. The van der Waals surface area contributed by atoms with Crippen molar-refractivity contribution >= 4 is 0 Å². The molecule has 94 valence electrons. The highest BCUT2D eigenvalue weighted by Gasteiger charge is 2.34. The molecule has 1 fully saturated rings. The van der Waals surface area contributed by atoms with Crippen LogP contribution in [0.2, 0.25) is 0 Å². The van der Waals surface area contributed by atoms with E-state index in [1.165, 1.54) is 19.3 Å². The minimum absolute atomic E-state index is 0.0679. The molecule has 1 saturated heterocycles. The minimum atomic E-state index is -0.217. The van der Waals surface area contributed by atoms with Crippen LogP contribution in [0.1, 0.15) is 52.4 Å². The Bertz CT molecular complexity index is 207. The molecular weight excluding hydrogens is 198 g/mol. The number of nitrogens with zero attached hydrogens (tertiary/aromatic N) is 1. The fraction of sp³-hybridized carbons (Fsp3) is 0.857. The summed E-state index contributed by atoms with van der Waals surface area (Å²) in [5.41, 5.74) is -0.0679. The number of hydrogen-bond donors (Lipinski definition) is 1. The van der Waals surface area contributed by atoms with Crippen molar-refractivity contribution in [1.82, 2.24) is 4.90 Å². The predicted octanol–water partition coefficient (Wildman–Crippen LogP) is 2.97. The van der Waals surface area contributed by atoms with Crippen molar-refractivity contribution in [3.8, 4) is 0 Å². The molecule has 1 N–H and O–H groups in total. The predicted molar refractivity (Wildman–Crippen MR) is 69.6 cm³/mol. The second-order valence-electron chi connectivity index (χ2n) is 5.44. The number of unbranched alkanes of at least 4 members (excludes halogenated alkanes) is 1. The molecule has 1 unspecified atom stereocenters. The summed E-state index contributed by atoms with van der Waals surface area (Å²) in [6, 6.07) is 0. The third-order valence-corrected chi connectivity index (χ3v) is 3.87. The molecule has 0 aromatic heterocycles. The van der Waals surface area contributed by atoms with Crippen LogP contribution >= 0.6 is 0 Å². The van der Waals surface area contributed by atoms with E-state index in [1.807, 2.05) is 6.08 Å². The number of piperidine rings is 1. The van der Waals surface area contributed by atoms with Gasteiger partial charge >= 0.3 is 0 Å². The lowest BCUT2D eigenvalue weighted by molar-refractivity contribution is -0.0237. The Morgan fingerprint density at radius 3 is 2.50 bits per heavy atom. The lowest BCUT2D eigenvalue weighted by Crippen LogP contribution is -2.54. The first kappa shape index (κ1) is 13.7. The molecule has 2 nitrogen and oxygen atoms in total. The Balaban J connectivity index is 2.43. The fourth-order valence-electron chi connectivity index (χ4n) is 2.49. The molecule has 1 heterocycles. The molecule has 2 heteroatoms. The molecule has 0 amide bonds. The molecule has 0 spiro atoms. The topological polar surface area (TPSA) is 23.5 Å². The zero-order chi connectivity index (χ0) is 12.0. The van der Waals surface area contributed by atoms with Crippen molar-refractivity contribution < 1.29 is 5.11 Å². The van der Waals surface area contributed by atoms with Gasteiger partial charge < -0.3 is 5.11 Å². The Kier molecular flexibility index (Phi) is 5.50. The summed E-state index contributed by atoms with van der Waals surface area (Å²) in [6.45, 7) is 10.4. The van der Waals surface area contributed by atoms with Gasteiger partial charge in [-0.1, -0.05) is 12.5 Å². The van der Waals surface area contributed by atoms with Gasteiger partial charge in [0.1, 0.15) is 0 Å². The normalized spacial score (nSPS) is 20.7. The number of aliphatic hydroxyl groups excluding tert-OH is 1. The molecule has 0 saturated carbocycles. The number of hydrogen-bond acceptors (Lipinski definition) is 2. The van der Waals surface area contributed by atoms with Crippen molar-refractivity contribution in [2.45, 2.75) is 64.0 Å². The first-order valence-corrected chi connectivity index (χ1v) is 6.63. The zero-order valence-corrected chi connectivity index (χ0v) is 10.9. The number of likely N-dealkylation sites (tertiary alicyclic amines) is 1. The average molecular weight is 225 g/mol. The van der Waals surface area contributed by atoms with Crippen LogP contribution in [0.3, 0.4) is 0 Å². The van der Waals surface area contributed by atoms with E-state index in [0.717, 1.165) is 32.4 Å². The molecule has 0 aliphatic carbocycles. The molecule has 1 aliphatic heterocycles. The summed E-state index contributed by atoms with van der Waals surface area (Å²) in [5, 5.41) is 10.3. The lowest BCUT2D eigenvalue weighted by Gasteiger charge is -2.44. The van der Waals surface area contributed by atoms with E-state index in [1.54, 1.807) is 0 Å². The Morgan fingerprint density at radius 1 is 1.31 bits per heavy atom. The van der Waals surface area contributed by atoms with E-state index < -0.39 is 0 Å². The molecule has 16 heavy (non-hydrogen) atoms. The van der Waals surface area contributed by atoms with E-state index in [4.69, 9.17) is 0 Å². The highest BCUT2D eigenvalue weighted by Crippen LogP contribution is 2.26. The third-order valence-electron chi connectivity index (χ3n) is 3.87. The van der Waals surface area contributed by atoms with Gasteiger partial charge in [0.05, 0.1) is 6.10 Å². The number of rotatable bonds is 6. The Hall–Kier alpha value is -0.340. The van der Waals surface area contributed by atoms with Crippen molar-refractivity contribution in [3.05, 3.63) is 12.7 Å². The molecule has 1 atom stereocenters. The molecule has 0 radical (unpaired) electrons. The standard InChI is InChI=1S/C14H27NO/c1-4-5-7-10-13(16)14(2,3)15-11-8-6-9-12-15/h4,13,16H,1,5-12H2,2-3H3. The van der Waals surface area contributed by atoms with Crippen LogP contribution in [0.5, 0.6) is 0 Å². The van der Waals surface area contributed by atoms with Gasteiger partial charge in [-0.05, 0) is 59.0 Å². The van der Waals surface area contributed by atoms with E-state index in [9.17, 15) is 5.11 Å². The van der Waals surface area contributed by atoms with Crippen LogP contribution in [0.25, 0.3) is 0 Å². The van der Waals surface area contributed by atoms with Gasteiger partial charge in [-0.15, -0.1) is 6.58 Å². The summed E-state index contributed by atoms with van der Waals surface area (Å²) in [7, 11) is 0. The molecule has 1 rings (SSSR count). The fourth-order valence-corrected chi connectivity index (χ4v) is 2.49. The summed E-state index contributed by atoms with van der Waals surface area (Å²) < 4.78 is 0. The van der Waals surface area contributed by atoms with Gasteiger partial charge in [0.15, 0.2) is 0 Å². The summed E-state index contributed by atoms with van der Waals surface area (Å²) in [4.78, 5) is 2.45. The summed E-state index contributed by atoms with van der Waals surface area (Å²) in [5.74, 6) is 0. The zero-order valence-electron chi connectivity index (χ0n) is 10.9. The first-order valence-electron chi connectivity index (χ1n) is 6.63. The van der Waals surface area contributed by atoms with Crippen molar-refractivity contribution in [3.63, 3.8) is 0 Å². The summed E-state index contributed by atoms with van der Waals surface area (Å²) >= 11 is 0. The van der Waals surface area contributed by atoms with Crippen LogP contribution in [0.4, 0.5) is 0 Å². The second-order valence-corrected chi connectivity index (χ2v) is 5.44. The molecule has 0 aromatic carbocycles. The minimum Gasteiger partial charge on any atom is -0.391 e. The van der Waals surface area contributed by atoms with Crippen molar-refractivity contribution in [2.75, 3.05) is 13.1 Å². The van der Waals surface area contributed by atoms with Crippen LogP contribution in [0, 0.1) is 0 Å². The highest BCUT2D eigenvalue weighted by molar-refractivity contribution is 4.90. The van der Waals surface area contributed by atoms with Gasteiger partial charge in [-0.3, -0.25) is 4.90 Å². The van der Waals surface area contributed by atoms with Crippen LogP contribution in [-0.4, -0.2) is 34.7 Å². The van der Waals surface area contributed by atoms with Crippen LogP contribution in [0.15, 0.2) is 12.7 Å². The molecular formula is C14H27NO. The van der Waals surface area contributed by atoms with Gasteiger partial charge in [-0.2, -0.15) is 0 Å². The number of allylic oxidation sites excluding steroid dienone is 1. The SMILES string of the molecule is C=CCCCC(O)C(C)(C)N1CCCCC1. The van der Waals surface area contributed by atoms with Crippen LogP contribution < -0.4 is 0 Å². The molecule has 1 aliphatic rings. The van der Waals surface area contributed by atoms with Gasteiger partial charge in [-0.25, -0.2) is 0 Å². The monoisotopic (exact) mass is 225 g/mol. The Morgan fingerprint density at radius 2 is 1.94 bits per heavy atom. The van der Waals surface area contributed by atoms with Crippen molar-refractivity contribution in [2.24, 2.45) is 0 Å². The third kappa shape index (κ3) is 3.60. The lowest BCUT2D eigenvalue weighted by atomic mass is 9.89. The maximum atomic E-state index is 10.3. The van der Waals surface area contributed by atoms with Gasteiger partial charge in [0.25, 0.3) is 0 Å². The van der Waals surface area contributed by atoms with E-state index in [2.05, 4.69) is 25.3 Å². The number of aliphatic hydroxyl groups is 1. The maximum absolute atomic E-state index is 10.3. The van der Waals surface area contributed by atoms with E-state index in [0.29, 0.717) is 0 Å². The largest absolute Gasteiger partial charge is 0.391 e. The smallest absolute Gasteiger partial charge is 0.0718 e. The van der Waals surface area contributed by atoms with Crippen LogP contribution in [-0.2, 0) is 0 Å². The van der Waals surface area contributed by atoms with Gasteiger partial charge in [0.2, 0.25) is 0 Å². The van der Waals surface area contributed by atoms with E-state index in [-0.39, 0.29) is 11.6 Å². The van der Waals surface area contributed by atoms with Gasteiger partial charge in [0, 0.05) is 5.54 Å². The highest BCUT2D eigenvalue weighted by atomic mass is 16.3. The van der Waals surface area contributed by atoms with E-state index >= 15 is 0 Å². The average Bonchev–Trinajstić information content (AvgIpc) is 2.30. The quantitative estimate of drug-likeness (QED) is 0.555. The first-order chi connectivity index (χ1) is 7.59. The Labute approximate surface area is 100 Å². The summed E-state index contributed by atoms with van der Waals surface area (Å²) in [6.07, 6.45) is 8.56. The second kappa shape index (κ2) is 6.41.